The van der Waals surface area contributed by atoms with E-state index in [1.807, 2.05) is 6.92 Å². The number of aromatic nitrogens is 1. The van der Waals surface area contributed by atoms with E-state index in [2.05, 4.69) is 10.3 Å². The zero-order valence-corrected chi connectivity index (χ0v) is 10.3. The normalized spacial score (nSPS) is 12.7. The highest BCUT2D eigenvalue weighted by Crippen LogP contribution is 2.23. The Hall–Kier alpha value is -1.17. The molecule has 0 radical (unpaired) electrons. The number of hydrogen-bond donors (Lipinski definition) is 4. The predicted molar refractivity (Wildman–Crippen MR) is 64.6 cm³/mol. The van der Waals surface area contributed by atoms with Crippen LogP contribution in [0.3, 0.4) is 0 Å². The molecule has 0 aliphatic heterocycles. The molecule has 1 aromatic rings. The van der Waals surface area contributed by atoms with Crippen LogP contribution in [-0.2, 0) is 13.2 Å². The van der Waals surface area contributed by atoms with Gasteiger partial charge < -0.3 is 20.6 Å². The van der Waals surface area contributed by atoms with Crippen LogP contribution in [-0.4, -0.2) is 33.0 Å². The molecule has 0 aromatic carbocycles. The van der Waals surface area contributed by atoms with Gasteiger partial charge in [-0.05, 0) is 13.3 Å². The van der Waals surface area contributed by atoms with E-state index in [4.69, 9.17) is 5.11 Å². The Morgan fingerprint density at radius 2 is 2.12 bits per heavy atom. The van der Waals surface area contributed by atoms with E-state index >= 15 is 0 Å². The fourth-order valence-electron chi connectivity index (χ4n) is 1.60. The third-order valence-electron chi connectivity index (χ3n) is 2.88. The zero-order valence-electron chi connectivity index (χ0n) is 10.3. The Bertz CT molecular complexity index is 365. The van der Waals surface area contributed by atoms with Gasteiger partial charge in [-0.2, -0.15) is 0 Å². The fourth-order valence-corrected chi connectivity index (χ4v) is 1.60. The summed E-state index contributed by atoms with van der Waals surface area (Å²) >= 11 is 0. The van der Waals surface area contributed by atoms with Crippen molar-refractivity contribution in [1.29, 1.82) is 0 Å². The van der Waals surface area contributed by atoms with E-state index in [0.29, 0.717) is 23.4 Å². The van der Waals surface area contributed by atoms with Gasteiger partial charge in [0, 0.05) is 29.9 Å². The van der Waals surface area contributed by atoms with E-state index in [1.54, 1.807) is 13.1 Å². The van der Waals surface area contributed by atoms with Gasteiger partial charge in [0.05, 0.1) is 18.9 Å². The third kappa shape index (κ3) is 3.39. The summed E-state index contributed by atoms with van der Waals surface area (Å²) in [4.78, 5) is 3.99. The standard InChI is InChI=1S/C12H20N2O3/c1-3-10(7-16)14-5-11-9(6-15)4-13-8(2)12(11)17/h4,10,14-17H,3,5-7H2,1-2H3/t10-/m1/s1. The molecule has 17 heavy (non-hydrogen) atoms. The minimum Gasteiger partial charge on any atom is -0.506 e. The topological polar surface area (TPSA) is 85.6 Å². The quantitative estimate of drug-likeness (QED) is 0.580. The van der Waals surface area contributed by atoms with Crippen LogP contribution in [0, 0.1) is 6.92 Å². The minimum atomic E-state index is -0.159. The molecule has 96 valence electrons. The highest BCUT2D eigenvalue weighted by atomic mass is 16.3. The number of nitrogens with one attached hydrogen (secondary N) is 1. The molecule has 0 spiro atoms. The highest BCUT2D eigenvalue weighted by Gasteiger charge is 2.12. The molecule has 1 atom stereocenters. The average molecular weight is 240 g/mol. The lowest BCUT2D eigenvalue weighted by Gasteiger charge is -2.17. The van der Waals surface area contributed by atoms with Gasteiger partial charge in [0.25, 0.3) is 0 Å². The van der Waals surface area contributed by atoms with E-state index in [0.717, 1.165) is 6.42 Å². The molecule has 0 fully saturated rings. The lowest BCUT2D eigenvalue weighted by atomic mass is 10.1. The molecule has 1 aromatic heterocycles. The summed E-state index contributed by atoms with van der Waals surface area (Å²) in [5.74, 6) is 0.108. The number of aryl methyl sites for hydroxylation is 1. The lowest BCUT2D eigenvalue weighted by molar-refractivity contribution is 0.237. The van der Waals surface area contributed by atoms with Gasteiger partial charge in [-0.15, -0.1) is 0 Å². The van der Waals surface area contributed by atoms with Crippen molar-refractivity contribution in [2.24, 2.45) is 0 Å². The van der Waals surface area contributed by atoms with Crippen molar-refractivity contribution in [3.05, 3.63) is 23.0 Å². The number of aromatic hydroxyl groups is 1. The fraction of sp³-hybridized carbons (Fsp3) is 0.583. The van der Waals surface area contributed by atoms with Gasteiger partial charge in [-0.1, -0.05) is 6.92 Å². The number of aliphatic hydroxyl groups excluding tert-OH is 2. The van der Waals surface area contributed by atoms with Crippen molar-refractivity contribution >= 4 is 0 Å². The number of nitrogens with zero attached hydrogens (tertiary/aromatic N) is 1. The van der Waals surface area contributed by atoms with Gasteiger partial charge in [-0.3, -0.25) is 4.98 Å². The Morgan fingerprint density at radius 3 is 2.65 bits per heavy atom. The smallest absolute Gasteiger partial charge is 0.141 e. The number of aliphatic hydroxyl groups is 2. The van der Waals surface area contributed by atoms with Crippen molar-refractivity contribution < 1.29 is 15.3 Å². The summed E-state index contributed by atoms with van der Waals surface area (Å²) in [6, 6.07) is -0.00517. The summed E-state index contributed by atoms with van der Waals surface area (Å²) in [7, 11) is 0. The first-order valence-corrected chi connectivity index (χ1v) is 5.75. The van der Waals surface area contributed by atoms with E-state index in [9.17, 15) is 10.2 Å². The molecule has 0 saturated carbocycles. The molecule has 1 rings (SSSR count). The molecule has 0 aliphatic carbocycles. The Balaban J connectivity index is 2.85. The summed E-state index contributed by atoms with van der Waals surface area (Å²) in [5, 5.41) is 31.3. The molecule has 0 saturated heterocycles. The van der Waals surface area contributed by atoms with Gasteiger partial charge in [0.1, 0.15) is 5.75 Å². The minimum absolute atomic E-state index is 0.00517. The molecule has 0 amide bonds. The van der Waals surface area contributed by atoms with Crippen LogP contribution in [0.15, 0.2) is 6.20 Å². The predicted octanol–water partition coefficient (Wildman–Crippen LogP) is 0.448. The van der Waals surface area contributed by atoms with Crippen molar-refractivity contribution in [2.45, 2.75) is 39.5 Å². The van der Waals surface area contributed by atoms with Gasteiger partial charge in [-0.25, -0.2) is 0 Å². The van der Waals surface area contributed by atoms with Gasteiger partial charge >= 0.3 is 0 Å². The number of hydrogen-bond acceptors (Lipinski definition) is 5. The zero-order chi connectivity index (χ0) is 12.8. The van der Waals surface area contributed by atoms with Crippen LogP contribution in [0.2, 0.25) is 0 Å². The van der Waals surface area contributed by atoms with Crippen LogP contribution in [0.5, 0.6) is 5.75 Å². The molecule has 5 nitrogen and oxygen atoms in total. The Kier molecular flexibility index (Phi) is 5.34. The van der Waals surface area contributed by atoms with Crippen molar-refractivity contribution in [2.75, 3.05) is 6.61 Å². The van der Waals surface area contributed by atoms with Crippen LogP contribution >= 0.6 is 0 Å². The molecule has 5 heteroatoms. The van der Waals surface area contributed by atoms with Gasteiger partial charge in [0.2, 0.25) is 0 Å². The number of rotatable bonds is 6. The van der Waals surface area contributed by atoms with Crippen LogP contribution in [0.1, 0.15) is 30.2 Å². The maximum atomic E-state index is 9.89. The van der Waals surface area contributed by atoms with E-state index < -0.39 is 0 Å². The maximum absolute atomic E-state index is 9.89. The molecule has 0 unspecified atom stereocenters. The molecular formula is C12H20N2O3. The summed E-state index contributed by atoms with van der Waals surface area (Å²) < 4.78 is 0. The van der Waals surface area contributed by atoms with Crippen LogP contribution < -0.4 is 5.32 Å². The number of pyridine rings is 1. The first kappa shape index (κ1) is 13.9. The average Bonchev–Trinajstić information content (AvgIpc) is 2.35. The second kappa shape index (κ2) is 6.54. The SMILES string of the molecule is CC[C@H](CO)NCc1c(CO)cnc(C)c1O. The molecule has 0 bridgehead atoms. The second-order valence-corrected chi connectivity index (χ2v) is 4.02. The van der Waals surface area contributed by atoms with E-state index in [1.165, 1.54) is 0 Å². The lowest BCUT2D eigenvalue weighted by Crippen LogP contribution is -2.31. The molecule has 4 N–H and O–H groups in total. The van der Waals surface area contributed by atoms with Gasteiger partial charge in [0.15, 0.2) is 0 Å². The van der Waals surface area contributed by atoms with Crippen molar-refractivity contribution in [3.8, 4) is 5.75 Å². The Morgan fingerprint density at radius 1 is 1.41 bits per heavy atom. The maximum Gasteiger partial charge on any atom is 0.141 e. The molecule has 0 aliphatic rings. The van der Waals surface area contributed by atoms with Crippen molar-refractivity contribution in [3.63, 3.8) is 0 Å². The largest absolute Gasteiger partial charge is 0.506 e. The van der Waals surface area contributed by atoms with Crippen LogP contribution in [0.4, 0.5) is 0 Å². The van der Waals surface area contributed by atoms with E-state index in [-0.39, 0.29) is 25.0 Å². The summed E-state index contributed by atoms with van der Waals surface area (Å²) in [5.41, 5.74) is 1.79. The first-order chi connectivity index (χ1) is 8.13. The monoisotopic (exact) mass is 240 g/mol. The first-order valence-electron chi connectivity index (χ1n) is 5.75. The summed E-state index contributed by atoms with van der Waals surface area (Å²) in [6.45, 7) is 3.98. The van der Waals surface area contributed by atoms with Crippen molar-refractivity contribution in [1.82, 2.24) is 10.3 Å². The molecule has 1 heterocycles. The summed E-state index contributed by atoms with van der Waals surface area (Å²) in [6.07, 6.45) is 2.36. The van der Waals surface area contributed by atoms with Crippen LogP contribution in [0.25, 0.3) is 0 Å². The Labute approximate surface area is 101 Å². The highest BCUT2D eigenvalue weighted by molar-refractivity contribution is 5.40. The third-order valence-corrected chi connectivity index (χ3v) is 2.88. The molecular weight excluding hydrogens is 220 g/mol. The second-order valence-electron chi connectivity index (χ2n) is 4.02.